The molecule has 2 nitrogen and oxygen atoms in total. The van der Waals surface area contributed by atoms with Crippen molar-refractivity contribution < 1.29 is 0 Å². The van der Waals surface area contributed by atoms with Crippen LogP contribution in [-0.2, 0) is 0 Å². The maximum Gasteiger partial charge on any atom is 0.00764 e. The van der Waals surface area contributed by atoms with E-state index in [1.165, 1.54) is 19.4 Å². The van der Waals surface area contributed by atoms with Crippen LogP contribution in [0.4, 0.5) is 0 Å². The lowest BCUT2D eigenvalue weighted by atomic mass is 10.1. The van der Waals surface area contributed by atoms with Crippen LogP contribution in [0.15, 0.2) is 0 Å². The summed E-state index contributed by atoms with van der Waals surface area (Å²) in [4.78, 5) is 2.24. The van der Waals surface area contributed by atoms with Gasteiger partial charge in [0.1, 0.15) is 0 Å². The van der Waals surface area contributed by atoms with Gasteiger partial charge in [0.15, 0.2) is 0 Å². The van der Waals surface area contributed by atoms with Crippen molar-refractivity contribution in [2.24, 2.45) is 0 Å². The van der Waals surface area contributed by atoms with Crippen molar-refractivity contribution in [2.45, 2.75) is 32.7 Å². The lowest BCUT2D eigenvalue weighted by Crippen LogP contribution is -2.31. The molecule has 0 fully saturated rings. The Hall–Kier alpha value is -0.0800. The van der Waals surface area contributed by atoms with Crippen LogP contribution in [0, 0.1) is 0 Å². The van der Waals surface area contributed by atoms with Crippen LogP contribution in [0.2, 0.25) is 0 Å². The zero-order valence-corrected chi connectivity index (χ0v) is 8.35. The second kappa shape index (κ2) is 6.62. The molecular formula is C9H22N2. The van der Waals surface area contributed by atoms with Gasteiger partial charge in [-0.3, -0.25) is 0 Å². The zero-order valence-electron chi connectivity index (χ0n) is 8.35. The van der Waals surface area contributed by atoms with Crippen molar-refractivity contribution in [3.05, 3.63) is 0 Å². The Morgan fingerprint density at radius 2 is 1.91 bits per heavy atom. The maximum absolute atomic E-state index is 3.46. The minimum atomic E-state index is 0.711. The van der Waals surface area contributed by atoms with Gasteiger partial charge in [-0.15, -0.1) is 0 Å². The second-order valence-corrected chi connectivity index (χ2v) is 3.25. The SMILES string of the molecule is CCNC(CC)CCN(C)C. The molecule has 0 aromatic rings. The topological polar surface area (TPSA) is 15.3 Å². The molecule has 1 atom stereocenters. The van der Waals surface area contributed by atoms with Crippen molar-refractivity contribution in [2.75, 3.05) is 27.2 Å². The Balaban J connectivity index is 3.35. The molecular weight excluding hydrogens is 136 g/mol. The van der Waals surface area contributed by atoms with Gasteiger partial charge in [0.2, 0.25) is 0 Å². The molecule has 0 aliphatic carbocycles. The summed E-state index contributed by atoms with van der Waals surface area (Å²) in [7, 11) is 4.25. The van der Waals surface area contributed by atoms with Crippen LogP contribution in [0.25, 0.3) is 0 Å². The molecule has 1 unspecified atom stereocenters. The first kappa shape index (κ1) is 10.9. The van der Waals surface area contributed by atoms with E-state index in [-0.39, 0.29) is 0 Å². The van der Waals surface area contributed by atoms with Gasteiger partial charge < -0.3 is 10.2 Å². The van der Waals surface area contributed by atoms with Crippen molar-refractivity contribution in [3.8, 4) is 0 Å². The Morgan fingerprint density at radius 3 is 2.27 bits per heavy atom. The Kier molecular flexibility index (Phi) is 6.57. The van der Waals surface area contributed by atoms with E-state index in [2.05, 4.69) is 38.2 Å². The predicted octanol–water partition coefficient (Wildman–Crippen LogP) is 1.33. The van der Waals surface area contributed by atoms with E-state index in [1.807, 2.05) is 0 Å². The molecule has 0 aliphatic rings. The summed E-state index contributed by atoms with van der Waals surface area (Å²) < 4.78 is 0. The van der Waals surface area contributed by atoms with E-state index in [9.17, 15) is 0 Å². The number of hydrogen-bond donors (Lipinski definition) is 1. The third kappa shape index (κ3) is 6.32. The fourth-order valence-corrected chi connectivity index (χ4v) is 1.15. The Morgan fingerprint density at radius 1 is 1.27 bits per heavy atom. The van der Waals surface area contributed by atoms with E-state index in [1.54, 1.807) is 0 Å². The van der Waals surface area contributed by atoms with Crippen LogP contribution < -0.4 is 5.32 Å². The smallest absolute Gasteiger partial charge is 0.00764 e. The van der Waals surface area contributed by atoms with Crippen molar-refractivity contribution in [3.63, 3.8) is 0 Å². The molecule has 0 radical (unpaired) electrons. The average molecular weight is 158 g/mol. The molecule has 0 saturated carbocycles. The molecule has 0 aliphatic heterocycles. The highest BCUT2D eigenvalue weighted by Gasteiger charge is 2.03. The third-order valence-electron chi connectivity index (χ3n) is 1.91. The predicted molar refractivity (Wildman–Crippen MR) is 50.9 cm³/mol. The highest BCUT2D eigenvalue weighted by Crippen LogP contribution is 1.97. The fraction of sp³-hybridized carbons (Fsp3) is 1.00. The summed E-state index contributed by atoms with van der Waals surface area (Å²) in [6.07, 6.45) is 2.50. The fourth-order valence-electron chi connectivity index (χ4n) is 1.15. The average Bonchev–Trinajstić information content (AvgIpc) is 1.97. The molecule has 0 amide bonds. The minimum Gasteiger partial charge on any atom is -0.314 e. The van der Waals surface area contributed by atoms with E-state index >= 15 is 0 Å². The van der Waals surface area contributed by atoms with Crippen LogP contribution in [-0.4, -0.2) is 38.1 Å². The lowest BCUT2D eigenvalue weighted by Gasteiger charge is -2.18. The van der Waals surface area contributed by atoms with Gasteiger partial charge in [0.05, 0.1) is 0 Å². The van der Waals surface area contributed by atoms with Crippen molar-refractivity contribution >= 4 is 0 Å². The lowest BCUT2D eigenvalue weighted by molar-refractivity contribution is 0.356. The molecule has 1 N–H and O–H groups in total. The zero-order chi connectivity index (χ0) is 8.69. The molecule has 0 aromatic heterocycles. The summed E-state index contributed by atoms with van der Waals surface area (Å²) in [5.41, 5.74) is 0. The highest BCUT2D eigenvalue weighted by atomic mass is 15.1. The maximum atomic E-state index is 3.46. The first-order valence-corrected chi connectivity index (χ1v) is 4.58. The normalized spacial score (nSPS) is 13.9. The third-order valence-corrected chi connectivity index (χ3v) is 1.91. The van der Waals surface area contributed by atoms with E-state index in [0.717, 1.165) is 6.54 Å². The first-order chi connectivity index (χ1) is 5.20. The largest absolute Gasteiger partial charge is 0.314 e. The molecule has 11 heavy (non-hydrogen) atoms. The van der Waals surface area contributed by atoms with Gasteiger partial charge in [-0.05, 0) is 40.0 Å². The molecule has 0 rings (SSSR count). The van der Waals surface area contributed by atoms with Crippen molar-refractivity contribution in [1.29, 1.82) is 0 Å². The van der Waals surface area contributed by atoms with Gasteiger partial charge in [-0.25, -0.2) is 0 Å². The summed E-state index contributed by atoms with van der Waals surface area (Å²) in [5.74, 6) is 0. The molecule has 0 saturated heterocycles. The summed E-state index contributed by atoms with van der Waals surface area (Å²) in [6.45, 7) is 6.68. The standard InChI is InChI=1S/C9H22N2/c1-5-9(10-6-2)7-8-11(3)4/h9-10H,5-8H2,1-4H3. The molecule has 0 spiro atoms. The Bertz CT molecular complexity index is 81.6. The van der Waals surface area contributed by atoms with Crippen LogP contribution in [0.3, 0.4) is 0 Å². The number of rotatable bonds is 6. The van der Waals surface area contributed by atoms with E-state index in [0.29, 0.717) is 6.04 Å². The summed E-state index contributed by atoms with van der Waals surface area (Å²) in [6, 6.07) is 0.711. The molecule has 2 heteroatoms. The summed E-state index contributed by atoms with van der Waals surface area (Å²) in [5, 5.41) is 3.46. The quantitative estimate of drug-likeness (QED) is 0.627. The first-order valence-electron chi connectivity index (χ1n) is 4.58. The van der Waals surface area contributed by atoms with Crippen LogP contribution >= 0.6 is 0 Å². The number of nitrogens with one attached hydrogen (secondary N) is 1. The summed E-state index contributed by atoms with van der Waals surface area (Å²) >= 11 is 0. The molecule has 68 valence electrons. The molecule has 0 heterocycles. The molecule has 0 bridgehead atoms. The second-order valence-electron chi connectivity index (χ2n) is 3.25. The molecule has 0 aromatic carbocycles. The number of nitrogens with zero attached hydrogens (tertiary/aromatic N) is 1. The van der Waals surface area contributed by atoms with Gasteiger partial charge >= 0.3 is 0 Å². The number of hydrogen-bond acceptors (Lipinski definition) is 2. The van der Waals surface area contributed by atoms with Crippen molar-refractivity contribution in [1.82, 2.24) is 10.2 Å². The minimum absolute atomic E-state index is 0.711. The van der Waals surface area contributed by atoms with Gasteiger partial charge in [-0.2, -0.15) is 0 Å². The van der Waals surface area contributed by atoms with Crippen LogP contribution in [0.5, 0.6) is 0 Å². The van der Waals surface area contributed by atoms with Gasteiger partial charge in [-0.1, -0.05) is 13.8 Å². The van der Waals surface area contributed by atoms with E-state index in [4.69, 9.17) is 0 Å². The monoisotopic (exact) mass is 158 g/mol. The highest BCUT2D eigenvalue weighted by molar-refractivity contribution is 4.64. The van der Waals surface area contributed by atoms with Gasteiger partial charge in [0, 0.05) is 6.04 Å². The van der Waals surface area contributed by atoms with Gasteiger partial charge in [0.25, 0.3) is 0 Å². The van der Waals surface area contributed by atoms with E-state index < -0.39 is 0 Å². The van der Waals surface area contributed by atoms with Crippen LogP contribution in [0.1, 0.15) is 26.7 Å². The Labute approximate surface area is 71.0 Å².